The van der Waals surface area contributed by atoms with E-state index in [4.69, 9.17) is 5.26 Å². The molecule has 1 aliphatic heterocycles. The average molecular weight is 270 g/mol. The lowest BCUT2D eigenvalue weighted by molar-refractivity contribution is 0.0282. The second kappa shape index (κ2) is 4.92. The summed E-state index contributed by atoms with van der Waals surface area (Å²) in [5, 5.41) is 19.3. The van der Waals surface area contributed by atoms with Crippen LogP contribution in [-0.2, 0) is 0 Å². The molecule has 2 aliphatic rings. The average Bonchev–Trinajstić information content (AvgIpc) is 3.26. The number of piperidine rings is 1. The molecule has 1 aromatic carbocycles. The zero-order chi connectivity index (χ0) is 14.2. The zero-order valence-electron chi connectivity index (χ0n) is 11.4. The molecule has 0 radical (unpaired) electrons. The Kier molecular flexibility index (Phi) is 3.23. The van der Waals surface area contributed by atoms with Gasteiger partial charge in [0.05, 0.1) is 22.8 Å². The first kappa shape index (κ1) is 13.1. The molecule has 1 saturated heterocycles. The summed E-state index contributed by atoms with van der Waals surface area (Å²) in [4.78, 5) is 14.4. The third-order valence-corrected chi connectivity index (χ3v) is 4.51. The van der Waals surface area contributed by atoms with Crippen LogP contribution in [0, 0.1) is 17.2 Å². The minimum absolute atomic E-state index is 0.0869. The number of amides is 1. The first-order valence-electron chi connectivity index (χ1n) is 7.15. The van der Waals surface area contributed by atoms with Crippen molar-refractivity contribution >= 4 is 5.91 Å². The maximum Gasteiger partial charge on any atom is 0.255 e. The number of rotatable bonds is 2. The predicted molar refractivity (Wildman–Crippen MR) is 74.0 cm³/mol. The molecule has 1 aliphatic carbocycles. The van der Waals surface area contributed by atoms with Gasteiger partial charge < -0.3 is 10.0 Å². The lowest BCUT2D eigenvalue weighted by atomic mass is 9.90. The molecule has 20 heavy (non-hydrogen) atoms. The molecule has 0 aromatic heterocycles. The van der Waals surface area contributed by atoms with Gasteiger partial charge in [-0.05, 0) is 37.8 Å². The van der Waals surface area contributed by atoms with Crippen molar-refractivity contribution in [1.29, 1.82) is 5.26 Å². The summed E-state index contributed by atoms with van der Waals surface area (Å²) in [6, 6.07) is 8.99. The maximum absolute atomic E-state index is 12.6. The van der Waals surface area contributed by atoms with Crippen LogP contribution < -0.4 is 0 Å². The molecule has 104 valence electrons. The van der Waals surface area contributed by atoms with Crippen molar-refractivity contribution < 1.29 is 9.90 Å². The van der Waals surface area contributed by atoms with Gasteiger partial charge in [0.1, 0.15) is 0 Å². The van der Waals surface area contributed by atoms with Gasteiger partial charge in [-0.3, -0.25) is 4.79 Å². The van der Waals surface area contributed by atoms with E-state index >= 15 is 0 Å². The Bertz CT molecular complexity index is 572. The van der Waals surface area contributed by atoms with E-state index in [2.05, 4.69) is 6.07 Å². The Morgan fingerprint density at radius 1 is 1.40 bits per heavy atom. The lowest BCUT2D eigenvalue weighted by Crippen LogP contribution is -2.44. The fourth-order valence-electron chi connectivity index (χ4n) is 3.07. The molecule has 1 aromatic rings. The summed E-state index contributed by atoms with van der Waals surface area (Å²) < 4.78 is 0. The number of nitriles is 1. The fraction of sp³-hybridized carbons (Fsp3) is 0.500. The minimum atomic E-state index is -0.534. The van der Waals surface area contributed by atoms with Crippen LogP contribution >= 0.6 is 0 Å². The number of carbonyl (C=O) groups is 1. The highest BCUT2D eigenvalue weighted by Crippen LogP contribution is 2.45. The maximum atomic E-state index is 12.6. The Morgan fingerprint density at radius 2 is 2.15 bits per heavy atom. The number of nitrogens with zero attached hydrogens (tertiary/aromatic N) is 2. The number of benzene rings is 1. The topological polar surface area (TPSA) is 64.3 Å². The van der Waals surface area contributed by atoms with Gasteiger partial charge in [0.25, 0.3) is 5.91 Å². The SMILES string of the molecule is N#Cc1ccccc1C(=O)N1CCCC(C2(O)CC2)C1. The smallest absolute Gasteiger partial charge is 0.255 e. The summed E-state index contributed by atoms with van der Waals surface area (Å²) in [5.41, 5.74) is 0.358. The van der Waals surface area contributed by atoms with Gasteiger partial charge in [0.15, 0.2) is 0 Å². The van der Waals surface area contributed by atoms with E-state index in [1.54, 1.807) is 29.2 Å². The van der Waals surface area contributed by atoms with E-state index < -0.39 is 5.60 Å². The number of likely N-dealkylation sites (tertiary alicyclic amines) is 1. The largest absolute Gasteiger partial charge is 0.390 e. The fourth-order valence-corrected chi connectivity index (χ4v) is 3.07. The molecule has 4 nitrogen and oxygen atoms in total. The highest BCUT2D eigenvalue weighted by molar-refractivity contribution is 5.96. The monoisotopic (exact) mass is 270 g/mol. The lowest BCUT2D eigenvalue weighted by Gasteiger charge is -2.35. The highest BCUT2D eigenvalue weighted by Gasteiger charge is 2.49. The van der Waals surface area contributed by atoms with E-state index in [0.29, 0.717) is 24.2 Å². The highest BCUT2D eigenvalue weighted by atomic mass is 16.3. The van der Waals surface area contributed by atoms with Crippen molar-refractivity contribution in [3.05, 3.63) is 35.4 Å². The number of aliphatic hydroxyl groups is 1. The van der Waals surface area contributed by atoms with E-state index in [1.807, 2.05) is 0 Å². The summed E-state index contributed by atoms with van der Waals surface area (Å²) in [6.07, 6.45) is 3.62. The Morgan fingerprint density at radius 3 is 2.85 bits per heavy atom. The van der Waals surface area contributed by atoms with E-state index in [-0.39, 0.29) is 11.8 Å². The van der Waals surface area contributed by atoms with Crippen LogP contribution in [0.2, 0.25) is 0 Å². The molecule has 1 atom stereocenters. The molecular formula is C16H18N2O2. The van der Waals surface area contributed by atoms with Gasteiger partial charge in [-0.2, -0.15) is 5.26 Å². The first-order chi connectivity index (χ1) is 9.64. The standard InChI is InChI=1S/C16H18N2O2/c17-10-12-4-1-2-6-14(12)15(19)18-9-3-5-13(11-18)16(20)7-8-16/h1-2,4,6,13,20H,3,5,7-9,11H2. The van der Waals surface area contributed by atoms with Gasteiger partial charge in [-0.1, -0.05) is 12.1 Å². The zero-order valence-corrected chi connectivity index (χ0v) is 11.4. The third kappa shape index (κ3) is 2.30. The molecule has 1 N–H and O–H groups in total. The van der Waals surface area contributed by atoms with Crippen molar-refractivity contribution in [2.75, 3.05) is 13.1 Å². The third-order valence-electron chi connectivity index (χ3n) is 4.51. The van der Waals surface area contributed by atoms with Gasteiger partial charge >= 0.3 is 0 Å². The van der Waals surface area contributed by atoms with Crippen LogP contribution in [0.25, 0.3) is 0 Å². The van der Waals surface area contributed by atoms with Gasteiger partial charge in [0, 0.05) is 19.0 Å². The number of carbonyl (C=O) groups excluding carboxylic acids is 1. The van der Waals surface area contributed by atoms with Gasteiger partial charge in [-0.15, -0.1) is 0 Å². The van der Waals surface area contributed by atoms with Crippen LogP contribution in [0.3, 0.4) is 0 Å². The predicted octanol–water partition coefficient (Wildman–Crippen LogP) is 1.94. The van der Waals surface area contributed by atoms with Crippen molar-refractivity contribution in [3.8, 4) is 6.07 Å². The second-order valence-corrected chi connectivity index (χ2v) is 5.85. The molecule has 4 heteroatoms. The first-order valence-corrected chi connectivity index (χ1v) is 7.15. The van der Waals surface area contributed by atoms with Crippen LogP contribution in [-0.4, -0.2) is 34.6 Å². The molecule has 1 saturated carbocycles. The Balaban J connectivity index is 1.78. The van der Waals surface area contributed by atoms with E-state index in [9.17, 15) is 9.90 Å². The minimum Gasteiger partial charge on any atom is -0.390 e. The van der Waals surface area contributed by atoms with Gasteiger partial charge in [-0.25, -0.2) is 0 Å². The summed E-state index contributed by atoms with van der Waals surface area (Å²) in [7, 11) is 0. The normalized spacial score (nSPS) is 24.0. The van der Waals surface area contributed by atoms with E-state index in [0.717, 1.165) is 25.7 Å². The van der Waals surface area contributed by atoms with Crippen molar-refractivity contribution in [2.24, 2.45) is 5.92 Å². The van der Waals surface area contributed by atoms with Crippen molar-refractivity contribution in [3.63, 3.8) is 0 Å². The number of hydrogen-bond acceptors (Lipinski definition) is 3. The molecule has 2 fully saturated rings. The molecule has 1 amide bonds. The van der Waals surface area contributed by atoms with Crippen LogP contribution in [0.5, 0.6) is 0 Å². The van der Waals surface area contributed by atoms with Crippen LogP contribution in [0.15, 0.2) is 24.3 Å². The van der Waals surface area contributed by atoms with Crippen LogP contribution in [0.4, 0.5) is 0 Å². The summed E-state index contributed by atoms with van der Waals surface area (Å²) >= 11 is 0. The summed E-state index contributed by atoms with van der Waals surface area (Å²) in [5.74, 6) is 0.102. The van der Waals surface area contributed by atoms with Crippen molar-refractivity contribution in [1.82, 2.24) is 4.90 Å². The second-order valence-electron chi connectivity index (χ2n) is 5.85. The van der Waals surface area contributed by atoms with Crippen molar-refractivity contribution in [2.45, 2.75) is 31.3 Å². The Hall–Kier alpha value is -1.86. The molecule has 1 unspecified atom stereocenters. The van der Waals surface area contributed by atoms with E-state index in [1.165, 1.54) is 0 Å². The molecule has 3 rings (SSSR count). The number of hydrogen-bond donors (Lipinski definition) is 1. The Labute approximate surface area is 118 Å². The molecule has 1 heterocycles. The molecule has 0 spiro atoms. The van der Waals surface area contributed by atoms with Crippen LogP contribution in [0.1, 0.15) is 41.6 Å². The summed E-state index contributed by atoms with van der Waals surface area (Å²) in [6.45, 7) is 1.32. The quantitative estimate of drug-likeness (QED) is 0.893. The van der Waals surface area contributed by atoms with Gasteiger partial charge in [0.2, 0.25) is 0 Å². The molecule has 0 bridgehead atoms. The molecular weight excluding hydrogens is 252 g/mol.